The predicted octanol–water partition coefficient (Wildman–Crippen LogP) is 5.79. The van der Waals surface area contributed by atoms with Crippen molar-refractivity contribution in [1.29, 1.82) is 0 Å². The molecule has 0 radical (unpaired) electrons. The number of alkyl halides is 3. The van der Waals surface area contributed by atoms with Gasteiger partial charge in [-0.25, -0.2) is 0 Å². The maximum absolute atomic E-state index is 12.6. The van der Waals surface area contributed by atoms with Crippen LogP contribution in [0.25, 0.3) is 17.0 Å². The Bertz CT molecular complexity index is 1030. The molecule has 4 rings (SSSR count). The zero-order valence-corrected chi connectivity index (χ0v) is 15.0. The molecule has 1 heterocycles. The van der Waals surface area contributed by atoms with E-state index in [1.807, 2.05) is 30.4 Å². The third-order valence-corrected chi connectivity index (χ3v) is 4.86. The largest absolute Gasteiger partial charge is 0.416 e. The number of fused-ring (bicyclic) bond motifs is 1. The highest BCUT2D eigenvalue weighted by Gasteiger charge is 2.30. The minimum absolute atomic E-state index is 0.0594. The molecule has 1 aliphatic carbocycles. The lowest BCUT2D eigenvalue weighted by Gasteiger charge is -2.06. The van der Waals surface area contributed by atoms with E-state index in [0.29, 0.717) is 6.42 Å². The van der Waals surface area contributed by atoms with Crippen LogP contribution in [0.4, 0.5) is 18.9 Å². The van der Waals surface area contributed by atoms with Crippen LogP contribution in [0.15, 0.2) is 54.7 Å². The monoisotopic (exact) mass is 384 g/mol. The second-order valence-corrected chi connectivity index (χ2v) is 7.07. The SMILES string of the molecule is O=C(Nc1c[nH]c2ccc(C=CCc3ccc(C(F)(F)F)cc3)cc12)C1CC1. The standard InChI is InChI=1S/C22H19F3N2O/c23-22(24,25)17-9-4-14(5-10-17)2-1-3-15-6-11-19-18(12-15)20(13-26-19)27-21(28)16-7-8-16/h1,3-6,9-13,16,26H,2,7-8H2,(H,27,28). The topological polar surface area (TPSA) is 44.9 Å². The lowest BCUT2D eigenvalue weighted by molar-refractivity contribution is -0.137. The number of hydrogen-bond donors (Lipinski definition) is 2. The van der Waals surface area contributed by atoms with Gasteiger partial charge < -0.3 is 10.3 Å². The van der Waals surface area contributed by atoms with Crippen LogP contribution >= 0.6 is 0 Å². The molecule has 0 unspecified atom stereocenters. The molecule has 144 valence electrons. The first-order valence-corrected chi connectivity index (χ1v) is 9.15. The quantitative estimate of drug-likeness (QED) is 0.574. The fourth-order valence-corrected chi connectivity index (χ4v) is 3.09. The van der Waals surface area contributed by atoms with Gasteiger partial charge in [0.1, 0.15) is 0 Å². The molecule has 1 aliphatic rings. The van der Waals surface area contributed by atoms with Crippen molar-refractivity contribution in [3.05, 3.63) is 71.4 Å². The summed E-state index contributed by atoms with van der Waals surface area (Å²) in [5.74, 6) is 0.195. The van der Waals surface area contributed by atoms with E-state index < -0.39 is 11.7 Å². The van der Waals surface area contributed by atoms with Gasteiger partial charge in [-0.15, -0.1) is 0 Å². The smallest absolute Gasteiger partial charge is 0.359 e. The molecule has 28 heavy (non-hydrogen) atoms. The minimum Gasteiger partial charge on any atom is -0.359 e. The zero-order valence-electron chi connectivity index (χ0n) is 15.0. The van der Waals surface area contributed by atoms with Gasteiger partial charge in [0.05, 0.1) is 11.3 Å². The molecular weight excluding hydrogens is 365 g/mol. The molecule has 2 aromatic carbocycles. The third-order valence-electron chi connectivity index (χ3n) is 4.86. The number of H-pyrrole nitrogens is 1. The fraction of sp³-hybridized carbons (Fsp3) is 0.227. The number of halogens is 3. The maximum Gasteiger partial charge on any atom is 0.416 e. The molecule has 0 saturated heterocycles. The third kappa shape index (κ3) is 4.11. The van der Waals surface area contributed by atoms with E-state index >= 15 is 0 Å². The number of aromatic nitrogens is 1. The Morgan fingerprint density at radius 2 is 1.89 bits per heavy atom. The van der Waals surface area contributed by atoms with Crippen molar-refractivity contribution in [2.45, 2.75) is 25.4 Å². The summed E-state index contributed by atoms with van der Waals surface area (Å²) in [6.07, 6.45) is 3.76. The van der Waals surface area contributed by atoms with Gasteiger partial charge in [0.25, 0.3) is 0 Å². The van der Waals surface area contributed by atoms with E-state index in [0.717, 1.165) is 52.7 Å². The van der Waals surface area contributed by atoms with Crippen molar-refractivity contribution in [1.82, 2.24) is 4.98 Å². The lowest BCUT2D eigenvalue weighted by Crippen LogP contribution is -2.12. The van der Waals surface area contributed by atoms with Crippen LogP contribution in [0.3, 0.4) is 0 Å². The number of nitrogens with one attached hydrogen (secondary N) is 2. The Morgan fingerprint density at radius 3 is 2.57 bits per heavy atom. The van der Waals surface area contributed by atoms with E-state index in [1.165, 1.54) is 12.1 Å². The first-order valence-electron chi connectivity index (χ1n) is 9.15. The van der Waals surface area contributed by atoms with Gasteiger partial charge in [-0.05, 0) is 54.7 Å². The summed E-state index contributed by atoms with van der Waals surface area (Å²) in [6, 6.07) is 11.1. The molecule has 0 spiro atoms. The van der Waals surface area contributed by atoms with Crippen molar-refractivity contribution in [2.75, 3.05) is 5.32 Å². The highest BCUT2D eigenvalue weighted by molar-refractivity contribution is 6.03. The van der Waals surface area contributed by atoms with Gasteiger partial charge in [0.2, 0.25) is 5.91 Å². The highest BCUT2D eigenvalue weighted by Crippen LogP contribution is 2.32. The number of hydrogen-bond acceptors (Lipinski definition) is 1. The molecule has 1 aromatic heterocycles. The average Bonchev–Trinajstić information content (AvgIpc) is 3.45. The number of carbonyl (C=O) groups excluding carboxylic acids is 1. The summed E-state index contributed by atoms with van der Waals surface area (Å²) >= 11 is 0. The van der Waals surface area contributed by atoms with Crippen LogP contribution in [0.1, 0.15) is 29.5 Å². The molecular formula is C22H19F3N2O. The highest BCUT2D eigenvalue weighted by atomic mass is 19.4. The number of rotatable bonds is 5. The first kappa shape index (κ1) is 18.3. The number of aromatic amines is 1. The Kier molecular flexibility index (Phi) is 4.71. The summed E-state index contributed by atoms with van der Waals surface area (Å²) in [5, 5.41) is 3.90. The minimum atomic E-state index is -4.31. The molecule has 0 atom stereocenters. The van der Waals surface area contributed by atoms with Gasteiger partial charge in [-0.3, -0.25) is 4.79 Å². The molecule has 1 fully saturated rings. The van der Waals surface area contributed by atoms with Gasteiger partial charge in [-0.2, -0.15) is 13.2 Å². The molecule has 6 heteroatoms. The van der Waals surface area contributed by atoms with Crippen molar-refractivity contribution < 1.29 is 18.0 Å². The van der Waals surface area contributed by atoms with Crippen molar-refractivity contribution in [2.24, 2.45) is 5.92 Å². The molecule has 0 bridgehead atoms. The van der Waals surface area contributed by atoms with Gasteiger partial charge in [0, 0.05) is 23.0 Å². The number of allylic oxidation sites excluding steroid dienone is 1. The van der Waals surface area contributed by atoms with Crippen molar-refractivity contribution in [3.63, 3.8) is 0 Å². The number of benzene rings is 2. The van der Waals surface area contributed by atoms with E-state index in [9.17, 15) is 18.0 Å². The Balaban J connectivity index is 1.45. The summed E-state index contributed by atoms with van der Waals surface area (Å²) in [6.45, 7) is 0. The Hall–Kier alpha value is -3.02. The Morgan fingerprint density at radius 1 is 1.14 bits per heavy atom. The normalized spacial score (nSPS) is 14.7. The van der Waals surface area contributed by atoms with Crippen LogP contribution in [-0.4, -0.2) is 10.9 Å². The summed E-state index contributed by atoms with van der Waals surface area (Å²) < 4.78 is 37.8. The molecule has 2 N–H and O–H groups in total. The fourth-order valence-electron chi connectivity index (χ4n) is 3.09. The summed E-state index contributed by atoms with van der Waals surface area (Å²) in [5.41, 5.74) is 2.83. The van der Waals surface area contributed by atoms with Crippen LogP contribution in [0.2, 0.25) is 0 Å². The van der Waals surface area contributed by atoms with Gasteiger partial charge in [-0.1, -0.05) is 30.4 Å². The van der Waals surface area contributed by atoms with E-state index in [-0.39, 0.29) is 11.8 Å². The predicted molar refractivity (Wildman–Crippen MR) is 104 cm³/mol. The van der Waals surface area contributed by atoms with Crippen LogP contribution in [-0.2, 0) is 17.4 Å². The van der Waals surface area contributed by atoms with E-state index in [2.05, 4.69) is 10.3 Å². The second-order valence-electron chi connectivity index (χ2n) is 7.07. The molecule has 1 saturated carbocycles. The number of anilines is 1. The molecule has 3 nitrogen and oxygen atoms in total. The van der Waals surface area contributed by atoms with Gasteiger partial charge in [0.15, 0.2) is 0 Å². The van der Waals surface area contributed by atoms with Crippen LogP contribution in [0.5, 0.6) is 0 Å². The first-order chi connectivity index (χ1) is 13.4. The number of carbonyl (C=O) groups is 1. The van der Waals surface area contributed by atoms with Crippen LogP contribution < -0.4 is 5.32 Å². The molecule has 1 amide bonds. The van der Waals surface area contributed by atoms with Crippen molar-refractivity contribution >= 4 is 28.6 Å². The van der Waals surface area contributed by atoms with Crippen molar-refractivity contribution in [3.8, 4) is 0 Å². The molecule has 3 aromatic rings. The maximum atomic E-state index is 12.6. The Labute approximate surface area is 160 Å². The average molecular weight is 384 g/mol. The van der Waals surface area contributed by atoms with Crippen LogP contribution in [0, 0.1) is 5.92 Å². The molecule has 0 aliphatic heterocycles. The lowest BCUT2D eigenvalue weighted by atomic mass is 10.1. The zero-order chi connectivity index (χ0) is 19.7. The van der Waals surface area contributed by atoms with E-state index in [4.69, 9.17) is 0 Å². The van der Waals surface area contributed by atoms with Gasteiger partial charge >= 0.3 is 6.18 Å². The second kappa shape index (κ2) is 7.19. The summed E-state index contributed by atoms with van der Waals surface area (Å²) in [7, 11) is 0. The number of amides is 1. The summed E-state index contributed by atoms with van der Waals surface area (Å²) in [4.78, 5) is 15.2. The van der Waals surface area contributed by atoms with E-state index in [1.54, 1.807) is 6.20 Å².